The lowest BCUT2D eigenvalue weighted by Crippen LogP contribution is -2.38. The molecule has 16 heavy (non-hydrogen) atoms. The van der Waals surface area contributed by atoms with Crippen molar-refractivity contribution >= 4 is 17.4 Å². The molecule has 1 aromatic carbocycles. The number of ketones is 1. The Bertz CT molecular complexity index is 492. The molecule has 0 spiro atoms. The third-order valence-corrected chi connectivity index (χ3v) is 2.98. The SMILES string of the molecule is CC1(CC#N)COc2ccc(Cl)cc2C1=O. The molecule has 0 amide bonds. The van der Waals surface area contributed by atoms with Crippen LogP contribution in [-0.4, -0.2) is 12.4 Å². The summed E-state index contributed by atoms with van der Waals surface area (Å²) in [5, 5.41) is 9.22. The largest absolute Gasteiger partial charge is 0.492 e. The first kappa shape index (κ1) is 11.0. The highest BCUT2D eigenvalue weighted by atomic mass is 35.5. The van der Waals surface area contributed by atoms with Gasteiger partial charge in [0.2, 0.25) is 0 Å². The fourth-order valence-electron chi connectivity index (χ4n) is 1.74. The van der Waals surface area contributed by atoms with Gasteiger partial charge in [0.15, 0.2) is 5.78 Å². The van der Waals surface area contributed by atoms with E-state index in [1.54, 1.807) is 25.1 Å². The molecule has 0 bridgehead atoms. The van der Waals surface area contributed by atoms with E-state index in [-0.39, 0.29) is 18.8 Å². The van der Waals surface area contributed by atoms with Crippen molar-refractivity contribution in [2.75, 3.05) is 6.61 Å². The zero-order chi connectivity index (χ0) is 11.8. The summed E-state index contributed by atoms with van der Waals surface area (Å²) in [6.07, 6.45) is 0.151. The Morgan fingerprint density at radius 2 is 2.38 bits per heavy atom. The van der Waals surface area contributed by atoms with E-state index in [0.717, 1.165) is 0 Å². The number of nitriles is 1. The second-order valence-corrected chi connectivity index (χ2v) is 4.59. The minimum absolute atomic E-state index is 0.0715. The number of Topliss-reactive ketones (excluding diaryl/α,β-unsaturated/α-hetero) is 1. The highest BCUT2D eigenvalue weighted by Gasteiger charge is 2.40. The van der Waals surface area contributed by atoms with Gasteiger partial charge in [0.05, 0.1) is 23.5 Å². The number of ether oxygens (including phenoxy) is 1. The molecule has 0 fully saturated rings. The quantitative estimate of drug-likeness (QED) is 0.752. The van der Waals surface area contributed by atoms with Gasteiger partial charge in [-0.05, 0) is 25.1 Å². The summed E-state index contributed by atoms with van der Waals surface area (Å²) in [5.41, 5.74) is -0.289. The number of carbonyl (C=O) groups is 1. The van der Waals surface area contributed by atoms with Gasteiger partial charge in [-0.1, -0.05) is 11.6 Å². The maximum absolute atomic E-state index is 12.2. The van der Waals surface area contributed by atoms with Gasteiger partial charge in [-0.15, -0.1) is 0 Å². The van der Waals surface area contributed by atoms with Crippen LogP contribution in [0.1, 0.15) is 23.7 Å². The van der Waals surface area contributed by atoms with Crippen LogP contribution in [0.15, 0.2) is 18.2 Å². The minimum Gasteiger partial charge on any atom is -0.492 e. The third kappa shape index (κ3) is 1.66. The lowest BCUT2D eigenvalue weighted by molar-refractivity contribution is 0.0661. The van der Waals surface area contributed by atoms with Crippen LogP contribution in [-0.2, 0) is 0 Å². The van der Waals surface area contributed by atoms with Crippen LogP contribution in [0.25, 0.3) is 0 Å². The summed E-state index contributed by atoms with van der Waals surface area (Å²) < 4.78 is 5.49. The number of carbonyl (C=O) groups excluding carboxylic acids is 1. The molecule has 0 saturated carbocycles. The molecule has 4 heteroatoms. The summed E-state index contributed by atoms with van der Waals surface area (Å²) >= 11 is 5.84. The third-order valence-electron chi connectivity index (χ3n) is 2.75. The predicted octanol–water partition coefficient (Wildman–Crippen LogP) is 2.84. The molecule has 0 N–H and O–H groups in total. The molecular formula is C12H10ClNO2. The van der Waals surface area contributed by atoms with Crippen molar-refractivity contribution < 1.29 is 9.53 Å². The molecule has 1 aliphatic heterocycles. The molecular weight excluding hydrogens is 226 g/mol. The molecule has 0 saturated heterocycles. The number of rotatable bonds is 1. The van der Waals surface area contributed by atoms with Gasteiger partial charge >= 0.3 is 0 Å². The minimum atomic E-state index is -0.758. The first-order valence-corrected chi connectivity index (χ1v) is 5.29. The van der Waals surface area contributed by atoms with Gasteiger partial charge < -0.3 is 4.74 Å². The molecule has 1 aliphatic rings. The van der Waals surface area contributed by atoms with E-state index in [1.807, 2.05) is 6.07 Å². The van der Waals surface area contributed by atoms with E-state index < -0.39 is 5.41 Å². The van der Waals surface area contributed by atoms with Crippen molar-refractivity contribution in [3.63, 3.8) is 0 Å². The zero-order valence-corrected chi connectivity index (χ0v) is 9.54. The Hall–Kier alpha value is -1.53. The van der Waals surface area contributed by atoms with Gasteiger partial charge in [-0.3, -0.25) is 4.79 Å². The van der Waals surface area contributed by atoms with Crippen LogP contribution in [0, 0.1) is 16.7 Å². The lowest BCUT2D eigenvalue weighted by Gasteiger charge is -2.31. The van der Waals surface area contributed by atoms with Crippen LogP contribution in [0.4, 0.5) is 0 Å². The summed E-state index contributed by atoms with van der Waals surface area (Å²) in [7, 11) is 0. The topological polar surface area (TPSA) is 50.1 Å². The standard InChI is InChI=1S/C12H10ClNO2/c1-12(4-5-14)7-16-10-3-2-8(13)6-9(10)11(12)15/h2-3,6H,4,7H2,1H3. The normalized spacial score (nSPS) is 23.2. The van der Waals surface area contributed by atoms with Crippen LogP contribution in [0.5, 0.6) is 5.75 Å². The van der Waals surface area contributed by atoms with Crippen molar-refractivity contribution in [3.05, 3.63) is 28.8 Å². The number of halogens is 1. The maximum Gasteiger partial charge on any atom is 0.176 e. The van der Waals surface area contributed by atoms with E-state index in [0.29, 0.717) is 16.3 Å². The van der Waals surface area contributed by atoms with Crippen LogP contribution >= 0.6 is 11.6 Å². The Balaban J connectivity index is 2.46. The van der Waals surface area contributed by atoms with Gasteiger partial charge in [0, 0.05) is 5.02 Å². The van der Waals surface area contributed by atoms with Crippen molar-refractivity contribution in [1.82, 2.24) is 0 Å². The molecule has 3 nitrogen and oxygen atoms in total. The summed E-state index contributed by atoms with van der Waals surface area (Å²) in [6, 6.07) is 6.97. The van der Waals surface area contributed by atoms with E-state index in [1.165, 1.54) is 0 Å². The number of hydrogen-bond donors (Lipinski definition) is 0. The molecule has 1 aromatic rings. The van der Waals surface area contributed by atoms with E-state index >= 15 is 0 Å². The summed E-state index contributed by atoms with van der Waals surface area (Å²) in [5.74, 6) is 0.475. The zero-order valence-electron chi connectivity index (χ0n) is 8.79. The maximum atomic E-state index is 12.2. The number of nitrogens with zero attached hydrogens (tertiary/aromatic N) is 1. The predicted molar refractivity (Wildman–Crippen MR) is 59.6 cm³/mol. The van der Waals surface area contributed by atoms with Crippen LogP contribution < -0.4 is 4.74 Å². The van der Waals surface area contributed by atoms with Gasteiger partial charge in [0.1, 0.15) is 12.4 Å². The number of hydrogen-bond acceptors (Lipinski definition) is 3. The fraction of sp³-hybridized carbons (Fsp3) is 0.333. The van der Waals surface area contributed by atoms with Crippen molar-refractivity contribution in [1.29, 1.82) is 5.26 Å². The Kier molecular flexibility index (Phi) is 2.61. The monoisotopic (exact) mass is 235 g/mol. The summed E-state index contributed by atoms with van der Waals surface area (Å²) in [4.78, 5) is 12.2. The molecule has 1 heterocycles. The smallest absolute Gasteiger partial charge is 0.176 e. The second kappa shape index (κ2) is 3.80. The molecule has 82 valence electrons. The average molecular weight is 236 g/mol. The molecule has 1 atom stereocenters. The van der Waals surface area contributed by atoms with Crippen LogP contribution in [0.2, 0.25) is 5.02 Å². The van der Waals surface area contributed by atoms with E-state index in [4.69, 9.17) is 21.6 Å². The van der Waals surface area contributed by atoms with E-state index in [9.17, 15) is 4.79 Å². The van der Waals surface area contributed by atoms with Crippen molar-refractivity contribution in [3.8, 4) is 11.8 Å². The highest BCUT2D eigenvalue weighted by Crippen LogP contribution is 2.37. The summed E-state index contributed by atoms with van der Waals surface area (Å²) in [6.45, 7) is 1.98. The first-order chi connectivity index (χ1) is 7.57. The van der Waals surface area contributed by atoms with Gasteiger partial charge in [0.25, 0.3) is 0 Å². The highest BCUT2D eigenvalue weighted by molar-refractivity contribution is 6.31. The first-order valence-electron chi connectivity index (χ1n) is 4.91. The molecule has 1 unspecified atom stereocenters. The van der Waals surface area contributed by atoms with E-state index in [2.05, 4.69) is 0 Å². The number of fused-ring (bicyclic) bond motifs is 1. The molecule has 0 aliphatic carbocycles. The Labute approximate surface area is 98.6 Å². The average Bonchev–Trinajstić information content (AvgIpc) is 2.25. The fourth-order valence-corrected chi connectivity index (χ4v) is 1.91. The Morgan fingerprint density at radius 1 is 1.62 bits per heavy atom. The Morgan fingerprint density at radius 3 is 3.06 bits per heavy atom. The van der Waals surface area contributed by atoms with Crippen LogP contribution in [0.3, 0.4) is 0 Å². The van der Waals surface area contributed by atoms with Gasteiger partial charge in [-0.25, -0.2) is 0 Å². The van der Waals surface area contributed by atoms with Gasteiger partial charge in [-0.2, -0.15) is 5.26 Å². The number of benzene rings is 1. The van der Waals surface area contributed by atoms with Crippen molar-refractivity contribution in [2.45, 2.75) is 13.3 Å². The second-order valence-electron chi connectivity index (χ2n) is 4.15. The molecule has 0 radical (unpaired) electrons. The van der Waals surface area contributed by atoms with Crippen molar-refractivity contribution in [2.24, 2.45) is 5.41 Å². The molecule has 2 rings (SSSR count). The lowest BCUT2D eigenvalue weighted by atomic mass is 9.79. The molecule has 0 aromatic heterocycles.